The summed E-state index contributed by atoms with van der Waals surface area (Å²) in [7, 11) is 0. The van der Waals surface area contributed by atoms with Crippen molar-refractivity contribution in [1.29, 1.82) is 0 Å². The van der Waals surface area contributed by atoms with Crippen LogP contribution in [0, 0.1) is 0 Å². The van der Waals surface area contributed by atoms with E-state index in [0.717, 1.165) is 5.69 Å². The predicted octanol–water partition coefficient (Wildman–Crippen LogP) is 3.58. The molecule has 0 fully saturated rings. The van der Waals surface area contributed by atoms with Gasteiger partial charge in [-0.25, -0.2) is 15.8 Å². The van der Waals surface area contributed by atoms with Gasteiger partial charge in [0.2, 0.25) is 0 Å². The lowest BCUT2D eigenvalue weighted by Gasteiger charge is -2.10. The highest BCUT2D eigenvalue weighted by atomic mass is 79.9. The molecule has 0 aliphatic carbocycles. The molecule has 18 heavy (non-hydrogen) atoms. The second-order valence-electron chi connectivity index (χ2n) is 3.28. The van der Waals surface area contributed by atoms with Crippen LogP contribution in [0.4, 0.5) is 17.3 Å². The normalized spacial score (nSPS) is 10.2. The molecule has 0 saturated carbocycles. The minimum atomic E-state index is 0.462. The van der Waals surface area contributed by atoms with E-state index in [0.29, 0.717) is 26.2 Å². The Balaban J connectivity index is 2.31. The van der Waals surface area contributed by atoms with E-state index in [9.17, 15) is 0 Å². The Labute approximate surface area is 122 Å². The zero-order valence-corrected chi connectivity index (χ0v) is 12.0. The van der Waals surface area contributed by atoms with E-state index in [1.165, 1.54) is 6.33 Å². The molecular formula is C10H8BrCl2N5. The van der Waals surface area contributed by atoms with Crippen molar-refractivity contribution in [2.24, 2.45) is 5.84 Å². The molecule has 1 aromatic carbocycles. The van der Waals surface area contributed by atoms with Crippen molar-refractivity contribution in [3.05, 3.63) is 39.0 Å². The van der Waals surface area contributed by atoms with E-state index in [1.54, 1.807) is 18.2 Å². The maximum atomic E-state index is 5.93. The van der Waals surface area contributed by atoms with Gasteiger partial charge in [0, 0.05) is 5.69 Å². The summed E-state index contributed by atoms with van der Waals surface area (Å²) in [5.74, 6) is 6.37. The van der Waals surface area contributed by atoms with Crippen LogP contribution in [0.1, 0.15) is 0 Å². The molecule has 0 atom stereocenters. The van der Waals surface area contributed by atoms with Crippen LogP contribution in [0.3, 0.4) is 0 Å². The van der Waals surface area contributed by atoms with Crippen molar-refractivity contribution in [2.45, 2.75) is 0 Å². The number of hydrogen-bond acceptors (Lipinski definition) is 5. The molecule has 1 heterocycles. The molecule has 0 bridgehead atoms. The van der Waals surface area contributed by atoms with Crippen LogP contribution in [-0.2, 0) is 0 Å². The number of halogens is 3. The highest BCUT2D eigenvalue weighted by Crippen LogP contribution is 2.30. The largest absolute Gasteiger partial charge is 0.339 e. The van der Waals surface area contributed by atoms with Crippen molar-refractivity contribution in [2.75, 3.05) is 10.7 Å². The molecule has 0 saturated heterocycles. The van der Waals surface area contributed by atoms with Gasteiger partial charge in [0.1, 0.15) is 16.6 Å². The Bertz CT molecular complexity index is 578. The summed E-state index contributed by atoms with van der Waals surface area (Å²) < 4.78 is 0.624. The van der Waals surface area contributed by atoms with Crippen molar-refractivity contribution in [3.63, 3.8) is 0 Å². The van der Waals surface area contributed by atoms with Crippen molar-refractivity contribution < 1.29 is 0 Å². The van der Waals surface area contributed by atoms with Crippen molar-refractivity contribution in [3.8, 4) is 0 Å². The molecule has 2 aromatic rings. The molecule has 2 rings (SSSR count). The number of aromatic nitrogens is 2. The first-order valence-corrected chi connectivity index (χ1v) is 6.36. The lowest BCUT2D eigenvalue weighted by atomic mass is 10.3. The number of rotatable bonds is 3. The summed E-state index contributed by atoms with van der Waals surface area (Å²) in [4.78, 5) is 8.04. The SMILES string of the molecule is NNc1ncnc(Nc2ccc(Cl)c(Cl)c2)c1Br. The predicted molar refractivity (Wildman–Crippen MR) is 77.3 cm³/mol. The highest BCUT2D eigenvalue weighted by molar-refractivity contribution is 9.10. The number of nitrogens with one attached hydrogen (secondary N) is 2. The number of anilines is 3. The smallest absolute Gasteiger partial charge is 0.159 e. The van der Waals surface area contributed by atoms with Gasteiger partial charge < -0.3 is 10.7 Å². The van der Waals surface area contributed by atoms with E-state index in [2.05, 4.69) is 36.6 Å². The molecule has 0 amide bonds. The van der Waals surface area contributed by atoms with Crippen molar-refractivity contribution >= 4 is 56.5 Å². The number of hydrazine groups is 1. The Morgan fingerprint density at radius 2 is 1.83 bits per heavy atom. The zero-order chi connectivity index (χ0) is 13.1. The maximum Gasteiger partial charge on any atom is 0.159 e. The Morgan fingerprint density at radius 1 is 1.11 bits per heavy atom. The minimum Gasteiger partial charge on any atom is -0.339 e. The number of nitrogens with zero attached hydrogens (tertiary/aromatic N) is 2. The topological polar surface area (TPSA) is 75.9 Å². The third-order valence-electron chi connectivity index (χ3n) is 2.11. The van der Waals surface area contributed by atoms with Gasteiger partial charge in [-0.3, -0.25) is 0 Å². The monoisotopic (exact) mass is 347 g/mol. The molecule has 0 radical (unpaired) electrons. The standard InChI is InChI=1S/C10H8BrCl2N5/c11-8-9(15-4-16-10(8)18-14)17-5-1-2-6(12)7(13)3-5/h1-4H,14H2,(H2,15,16,17,18). The summed E-state index contributed by atoms with van der Waals surface area (Å²) in [5.41, 5.74) is 3.21. The van der Waals surface area contributed by atoms with E-state index in [1.807, 2.05) is 0 Å². The second-order valence-corrected chi connectivity index (χ2v) is 4.89. The van der Waals surface area contributed by atoms with E-state index < -0.39 is 0 Å². The minimum absolute atomic E-state index is 0.462. The summed E-state index contributed by atoms with van der Waals surface area (Å²) in [6.45, 7) is 0. The van der Waals surface area contributed by atoms with Crippen LogP contribution in [0.5, 0.6) is 0 Å². The Morgan fingerprint density at radius 3 is 2.50 bits per heavy atom. The summed E-state index contributed by atoms with van der Waals surface area (Å²) in [6.07, 6.45) is 1.39. The molecule has 5 nitrogen and oxygen atoms in total. The number of hydrogen-bond donors (Lipinski definition) is 3. The first-order valence-electron chi connectivity index (χ1n) is 4.81. The molecular weight excluding hydrogens is 341 g/mol. The maximum absolute atomic E-state index is 5.93. The molecule has 1 aromatic heterocycles. The van der Waals surface area contributed by atoms with Gasteiger partial charge in [-0.1, -0.05) is 23.2 Å². The average Bonchev–Trinajstić information content (AvgIpc) is 2.36. The fourth-order valence-corrected chi connectivity index (χ4v) is 1.98. The first kappa shape index (κ1) is 13.4. The molecule has 8 heteroatoms. The molecule has 4 N–H and O–H groups in total. The van der Waals surface area contributed by atoms with Crippen LogP contribution in [0.25, 0.3) is 0 Å². The Hall–Kier alpha value is -1.08. The first-order chi connectivity index (χ1) is 8.61. The molecule has 0 aliphatic rings. The van der Waals surface area contributed by atoms with Crippen LogP contribution in [0.15, 0.2) is 29.0 Å². The van der Waals surface area contributed by atoms with Crippen LogP contribution < -0.4 is 16.6 Å². The van der Waals surface area contributed by atoms with Gasteiger partial charge in [0.25, 0.3) is 0 Å². The van der Waals surface area contributed by atoms with Crippen LogP contribution >= 0.6 is 39.1 Å². The quantitative estimate of drug-likeness (QED) is 0.584. The fourth-order valence-electron chi connectivity index (χ4n) is 1.27. The van der Waals surface area contributed by atoms with E-state index in [-0.39, 0.29) is 0 Å². The van der Waals surface area contributed by atoms with E-state index >= 15 is 0 Å². The van der Waals surface area contributed by atoms with Gasteiger partial charge in [-0.2, -0.15) is 0 Å². The third-order valence-corrected chi connectivity index (χ3v) is 3.60. The third kappa shape index (κ3) is 2.84. The summed E-state index contributed by atoms with van der Waals surface area (Å²) in [5, 5.41) is 4.03. The van der Waals surface area contributed by atoms with Crippen LogP contribution in [0.2, 0.25) is 10.0 Å². The number of benzene rings is 1. The zero-order valence-electron chi connectivity index (χ0n) is 8.92. The van der Waals surface area contributed by atoms with Crippen LogP contribution in [-0.4, -0.2) is 9.97 Å². The summed E-state index contributed by atoms with van der Waals surface area (Å²) >= 11 is 15.1. The molecule has 94 valence electrons. The number of nitrogen functional groups attached to an aromatic ring is 1. The lowest BCUT2D eigenvalue weighted by Crippen LogP contribution is -2.10. The lowest BCUT2D eigenvalue weighted by molar-refractivity contribution is 1.12. The van der Waals surface area contributed by atoms with Gasteiger partial charge >= 0.3 is 0 Å². The molecule has 0 unspecified atom stereocenters. The van der Waals surface area contributed by atoms with Gasteiger partial charge in [-0.05, 0) is 34.1 Å². The average molecular weight is 349 g/mol. The Kier molecular flexibility index (Phi) is 4.23. The fraction of sp³-hybridized carbons (Fsp3) is 0. The highest BCUT2D eigenvalue weighted by Gasteiger charge is 2.08. The summed E-state index contributed by atoms with van der Waals surface area (Å²) in [6, 6.07) is 5.19. The van der Waals surface area contributed by atoms with Gasteiger partial charge in [0.15, 0.2) is 5.82 Å². The number of nitrogens with two attached hydrogens (primary N) is 1. The molecule has 0 spiro atoms. The van der Waals surface area contributed by atoms with Crippen molar-refractivity contribution in [1.82, 2.24) is 9.97 Å². The molecule has 0 aliphatic heterocycles. The second kappa shape index (κ2) is 5.71. The van der Waals surface area contributed by atoms with Gasteiger partial charge in [-0.15, -0.1) is 0 Å². The van der Waals surface area contributed by atoms with Gasteiger partial charge in [0.05, 0.1) is 10.0 Å². The van der Waals surface area contributed by atoms with E-state index in [4.69, 9.17) is 29.0 Å².